The number of para-hydroxylation sites is 1. The second-order valence-corrected chi connectivity index (χ2v) is 7.94. The van der Waals surface area contributed by atoms with Crippen LogP contribution in [0.15, 0.2) is 54.6 Å². The van der Waals surface area contributed by atoms with Crippen molar-refractivity contribution >= 4 is 34.4 Å². The average Bonchev–Trinajstić information content (AvgIpc) is 3.50. The summed E-state index contributed by atoms with van der Waals surface area (Å²) in [5, 5.41) is 6.56. The molecular weight excluding hydrogens is 374 g/mol. The van der Waals surface area contributed by atoms with E-state index in [9.17, 15) is 9.59 Å². The Hall–Kier alpha value is -3.47. The van der Waals surface area contributed by atoms with Gasteiger partial charge in [-0.05, 0) is 54.5 Å². The van der Waals surface area contributed by atoms with E-state index in [4.69, 9.17) is 4.98 Å². The number of pyridine rings is 1. The highest BCUT2D eigenvalue weighted by Gasteiger charge is 2.27. The highest BCUT2D eigenvalue weighted by Crippen LogP contribution is 2.37. The van der Waals surface area contributed by atoms with E-state index in [0.29, 0.717) is 5.56 Å². The number of carbonyl (C=O) groups is 2. The molecule has 0 bridgehead atoms. The summed E-state index contributed by atoms with van der Waals surface area (Å²) in [5.74, 6) is -0.345. The quantitative estimate of drug-likeness (QED) is 0.689. The highest BCUT2D eigenvalue weighted by atomic mass is 16.2. The summed E-state index contributed by atoms with van der Waals surface area (Å²) < 4.78 is 0. The van der Waals surface area contributed by atoms with Crippen molar-refractivity contribution in [1.82, 2.24) is 15.6 Å². The van der Waals surface area contributed by atoms with Crippen molar-refractivity contribution < 1.29 is 9.59 Å². The summed E-state index contributed by atoms with van der Waals surface area (Å²) in [6.07, 6.45) is 5.81. The van der Waals surface area contributed by atoms with Crippen LogP contribution in [0.4, 0.5) is 0 Å². The number of hydrogen-bond acceptors (Lipinski definition) is 3. The molecule has 5 rings (SSSR count). The van der Waals surface area contributed by atoms with Gasteiger partial charge >= 0.3 is 0 Å². The number of nitrogens with zero attached hydrogens (tertiary/aromatic N) is 1. The standard InChI is InChI=1S/C25H23N3O2/c29-22(27-18-11-12-18)15-26-25(30)23-19-8-4-5-9-21(19)28-24-17(10-13-20(23)24)14-16-6-2-1-3-7-16/h1-9,14,18H,10-13,15H2,(H,26,30)(H,27,29)/b17-14-. The molecular formula is C25H23N3O2. The molecule has 1 aromatic heterocycles. The minimum atomic E-state index is -0.211. The van der Waals surface area contributed by atoms with Crippen LogP contribution < -0.4 is 10.6 Å². The first-order valence-corrected chi connectivity index (χ1v) is 10.4. The van der Waals surface area contributed by atoms with E-state index >= 15 is 0 Å². The Morgan fingerprint density at radius 3 is 2.57 bits per heavy atom. The predicted molar refractivity (Wildman–Crippen MR) is 118 cm³/mol. The van der Waals surface area contributed by atoms with Gasteiger partial charge in [-0.15, -0.1) is 0 Å². The van der Waals surface area contributed by atoms with E-state index in [1.165, 1.54) is 0 Å². The van der Waals surface area contributed by atoms with Crippen LogP contribution in [0.1, 0.15) is 46.4 Å². The van der Waals surface area contributed by atoms with Gasteiger partial charge in [0.05, 0.1) is 23.3 Å². The molecule has 0 unspecified atom stereocenters. The number of aromatic nitrogens is 1. The monoisotopic (exact) mass is 397 g/mol. The summed E-state index contributed by atoms with van der Waals surface area (Å²) in [6, 6.07) is 18.2. The Bertz CT molecular complexity index is 1160. The molecule has 0 spiro atoms. The first kappa shape index (κ1) is 18.6. The second kappa shape index (κ2) is 7.75. The van der Waals surface area contributed by atoms with E-state index in [1.54, 1.807) is 0 Å². The molecule has 3 aromatic rings. The van der Waals surface area contributed by atoms with Gasteiger partial charge in [0.15, 0.2) is 0 Å². The van der Waals surface area contributed by atoms with Gasteiger partial charge in [-0.3, -0.25) is 9.59 Å². The maximum absolute atomic E-state index is 13.2. The van der Waals surface area contributed by atoms with E-state index in [1.807, 2.05) is 42.5 Å². The largest absolute Gasteiger partial charge is 0.352 e. The first-order valence-electron chi connectivity index (χ1n) is 10.4. The van der Waals surface area contributed by atoms with Crippen LogP contribution in [0.3, 0.4) is 0 Å². The van der Waals surface area contributed by atoms with E-state index < -0.39 is 0 Å². The third kappa shape index (κ3) is 3.71. The zero-order valence-corrected chi connectivity index (χ0v) is 16.7. The van der Waals surface area contributed by atoms with Gasteiger partial charge in [-0.25, -0.2) is 4.98 Å². The Kier molecular flexibility index (Phi) is 4.79. The number of allylic oxidation sites excluding steroid dienone is 1. The number of amides is 2. The SMILES string of the molecule is O=C(CNC(=O)c1c2c(nc3ccccc13)/C(=C\c1ccccc1)CC2)NC1CC1. The number of carbonyl (C=O) groups excluding carboxylic acids is 2. The van der Waals surface area contributed by atoms with Crippen molar-refractivity contribution in [1.29, 1.82) is 0 Å². The van der Waals surface area contributed by atoms with Crippen LogP contribution >= 0.6 is 0 Å². The van der Waals surface area contributed by atoms with Crippen molar-refractivity contribution in [3.05, 3.63) is 77.0 Å². The lowest BCUT2D eigenvalue weighted by atomic mass is 10.00. The van der Waals surface area contributed by atoms with Gasteiger partial charge in [0.25, 0.3) is 5.91 Å². The summed E-state index contributed by atoms with van der Waals surface area (Å²) in [6.45, 7) is -0.00648. The molecule has 2 aliphatic rings. The molecule has 0 saturated heterocycles. The lowest BCUT2D eigenvalue weighted by Crippen LogP contribution is -2.38. The maximum atomic E-state index is 13.2. The fourth-order valence-corrected chi connectivity index (χ4v) is 4.04. The molecule has 1 heterocycles. The van der Waals surface area contributed by atoms with E-state index in [0.717, 1.165) is 59.0 Å². The fraction of sp³-hybridized carbons (Fsp3) is 0.240. The van der Waals surface area contributed by atoms with Gasteiger partial charge in [-0.2, -0.15) is 0 Å². The molecule has 2 aliphatic carbocycles. The van der Waals surface area contributed by atoms with Crippen LogP contribution in [0, 0.1) is 0 Å². The zero-order chi connectivity index (χ0) is 20.5. The number of nitrogens with one attached hydrogen (secondary N) is 2. The summed E-state index contributed by atoms with van der Waals surface area (Å²) >= 11 is 0. The normalized spacial score (nSPS) is 16.5. The minimum absolute atomic E-state index is 0.00648. The number of hydrogen-bond donors (Lipinski definition) is 2. The Morgan fingerprint density at radius 2 is 1.77 bits per heavy atom. The summed E-state index contributed by atoms with van der Waals surface area (Å²) in [4.78, 5) is 30.1. The lowest BCUT2D eigenvalue weighted by molar-refractivity contribution is -0.120. The molecule has 2 N–H and O–H groups in total. The van der Waals surface area contributed by atoms with Gasteiger partial charge < -0.3 is 10.6 Å². The topological polar surface area (TPSA) is 71.1 Å². The molecule has 2 amide bonds. The molecule has 1 fully saturated rings. The molecule has 5 nitrogen and oxygen atoms in total. The van der Waals surface area contributed by atoms with Crippen LogP contribution in [-0.4, -0.2) is 29.4 Å². The predicted octanol–water partition coefficient (Wildman–Crippen LogP) is 3.73. The lowest BCUT2D eigenvalue weighted by Gasteiger charge is -2.13. The molecule has 5 heteroatoms. The number of benzene rings is 2. The highest BCUT2D eigenvalue weighted by molar-refractivity contribution is 6.10. The second-order valence-electron chi connectivity index (χ2n) is 7.94. The van der Waals surface area contributed by atoms with E-state index in [-0.39, 0.29) is 24.4 Å². The van der Waals surface area contributed by atoms with Crippen LogP contribution in [-0.2, 0) is 11.2 Å². The number of rotatable bonds is 5. The number of fused-ring (bicyclic) bond motifs is 2. The first-order chi connectivity index (χ1) is 14.7. The van der Waals surface area contributed by atoms with Gasteiger partial charge in [0, 0.05) is 11.4 Å². The molecule has 150 valence electrons. The van der Waals surface area contributed by atoms with Crippen LogP contribution in [0.25, 0.3) is 22.6 Å². The Labute approximate surface area is 175 Å². The smallest absolute Gasteiger partial charge is 0.252 e. The average molecular weight is 397 g/mol. The Morgan fingerprint density at radius 1 is 1.00 bits per heavy atom. The molecule has 30 heavy (non-hydrogen) atoms. The Balaban J connectivity index is 1.51. The fourth-order valence-electron chi connectivity index (χ4n) is 4.04. The van der Waals surface area contributed by atoms with E-state index in [2.05, 4.69) is 28.8 Å². The van der Waals surface area contributed by atoms with Crippen molar-refractivity contribution in [3.63, 3.8) is 0 Å². The molecule has 0 atom stereocenters. The van der Waals surface area contributed by atoms with Crippen LogP contribution in [0.5, 0.6) is 0 Å². The summed E-state index contributed by atoms with van der Waals surface area (Å²) in [7, 11) is 0. The third-order valence-corrected chi connectivity index (χ3v) is 5.66. The van der Waals surface area contributed by atoms with Crippen LogP contribution in [0.2, 0.25) is 0 Å². The van der Waals surface area contributed by atoms with Crippen molar-refractivity contribution in [2.75, 3.05) is 6.54 Å². The molecule has 0 aliphatic heterocycles. The molecule has 1 saturated carbocycles. The van der Waals surface area contributed by atoms with Crippen molar-refractivity contribution in [3.8, 4) is 0 Å². The minimum Gasteiger partial charge on any atom is -0.352 e. The summed E-state index contributed by atoms with van der Waals surface area (Å²) in [5.41, 5.74) is 5.57. The zero-order valence-electron chi connectivity index (χ0n) is 16.7. The maximum Gasteiger partial charge on any atom is 0.252 e. The van der Waals surface area contributed by atoms with Crippen molar-refractivity contribution in [2.24, 2.45) is 0 Å². The third-order valence-electron chi connectivity index (χ3n) is 5.66. The van der Waals surface area contributed by atoms with Gasteiger partial charge in [-0.1, -0.05) is 48.5 Å². The molecule has 2 aromatic carbocycles. The molecule has 0 radical (unpaired) electrons. The van der Waals surface area contributed by atoms with Gasteiger partial charge in [0.1, 0.15) is 0 Å². The van der Waals surface area contributed by atoms with Crippen molar-refractivity contribution in [2.45, 2.75) is 31.7 Å². The van der Waals surface area contributed by atoms with Gasteiger partial charge in [0.2, 0.25) is 5.91 Å².